The molecule has 0 saturated heterocycles. The first-order valence-electron chi connectivity index (χ1n) is 6.66. The summed E-state index contributed by atoms with van der Waals surface area (Å²) in [5.74, 6) is 0.647. The Hall–Kier alpha value is -2.37. The van der Waals surface area contributed by atoms with Gasteiger partial charge < -0.3 is 10.6 Å². The molecule has 0 aliphatic carbocycles. The predicted molar refractivity (Wildman–Crippen MR) is 76.1 cm³/mol. The number of benzene rings is 1. The Morgan fingerprint density at radius 2 is 2.25 bits per heavy atom. The Morgan fingerprint density at radius 3 is 3.00 bits per heavy atom. The van der Waals surface area contributed by atoms with Crippen LogP contribution < -0.4 is 10.6 Å². The summed E-state index contributed by atoms with van der Waals surface area (Å²) in [6, 6.07) is 8.05. The van der Waals surface area contributed by atoms with Gasteiger partial charge in [-0.3, -0.25) is 4.79 Å². The van der Waals surface area contributed by atoms with Crippen molar-refractivity contribution < 1.29 is 4.79 Å². The number of carbonyl (C=O) groups is 1. The highest BCUT2D eigenvalue weighted by Gasteiger charge is 2.26. The Balaban J connectivity index is 1.84. The second kappa shape index (κ2) is 4.96. The molecule has 1 atom stereocenters. The molecule has 20 heavy (non-hydrogen) atoms. The summed E-state index contributed by atoms with van der Waals surface area (Å²) in [4.78, 5) is 18.1. The third kappa shape index (κ3) is 2.36. The zero-order valence-electron chi connectivity index (χ0n) is 11.4. The standard InChI is InChI=1S/C14H17N5O/c1-10-6-11-4-2-3-5-12(11)19(7-10)13(20)8-18-9-16-14(15)17-18/h2-5,9-10H,6-8H2,1H3,(H2,15,17). The fourth-order valence-electron chi connectivity index (χ4n) is 2.64. The van der Waals surface area contributed by atoms with E-state index in [9.17, 15) is 4.79 Å². The molecule has 1 aliphatic rings. The average Bonchev–Trinajstić information content (AvgIpc) is 2.83. The van der Waals surface area contributed by atoms with E-state index in [1.165, 1.54) is 16.6 Å². The van der Waals surface area contributed by atoms with Gasteiger partial charge in [-0.25, -0.2) is 9.67 Å². The Labute approximate surface area is 117 Å². The molecule has 1 aromatic carbocycles. The molecule has 1 amide bonds. The molecule has 1 aliphatic heterocycles. The van der Waals surface area contributed by atoms with Crippen molar-refractivity contribution in [3.05, 3.63) is 36.2 Å². The van der Waals surface area contributed by atoms with Crippen molar-refractivity contribution in [3.8, 4) is 0 Å². The number of anilines is 2. The lowest BCUT2D eigenvalue weighted by molar-refractivity contribution is -0.119. The molecule has 1 unspecified atom stereocenters. The van der Waals surface area contributed by atoms with Gasteiger partial charge in [-0.1, -0.05) is 25.1 Å². The molecule has 0 bridgehead atoms. The van der Waals surface area contributed by atoms with Gasteiger partial charge in [-0.15, -0.1) is 5.10 Å². The maximum absolute atomic E-state index is 12.5. The summed E-state index contributed by atoms with van der Waals surface area (Å²) in [5, 5.41) is 3.96. The van der Waals surface area contributed by atoms with Crippen LogP contribution in [0.1, 0.15) is 12.5 Å². The molecule has 0 saturated carbocycles. The highest BCUT2D eigenvalue weighted by atomic mass is 16.2. The molecule has 104 valence electrons. The van der Waals surface area contributed by atoms with Crippen molar-refractivity contribution >= 4 is 17.5 Å². The second-order valence-electron chi connectivity index (χ2n) is 5.24. The van der Waals surface area contributed by atoms with Gasteiger partial charge in [-0.2, -0.15) is 0 Å². The van der Waals surface area contributed by atoms with Gasteiger partial charge in [0.05, 0.1) is 0 Å². The Morgan fingerprint density at radius 1 is 1.45 bits per heavy atom. The lowest BCUT2D eigenvalue weighted by atomic mass is 9.94. The fraction of sp³-hybridized carbons (Fsp3) is 0.357. The molecule has 2 aromatic rings. The number of nitrogen functional groups attached to an aromatic ring is 1. The maximum atomic E-state index is 12.5. The highest BCUT2D eigenvalue weighted by molar-refractivity contribution is 5.94. The maximum Gasteiger partial charge on any atom is 0.248 e. The van der Waals surface area contributed by atoms with Crippen LogP contribution in [0.4, 0.5) is 11.6 Å². The number of hydrogen-bond acceptors (Lipinski definition) is 4. The van der Waals surface area contributed by atoms with E-state index >= 15 is 0 Å². The number of aromatic nitrogens is 3. The third-order valence-electron chi connectivity index (χ3n) is 3.50. The van der Waals surface area contributed by atoms with Crippen molar-refractivity contribution in [1.82, 2.24) is 14.8 Å². The van der Waals surface area contributed by atoms with E-state index in [-0.39, 0.29) is 18.4 Å². The zero-order valence-corrected chi connectivity index (χ0v) is 11.4. The first kappa shape index (κ1) is 12.7. The van der Waals surface area contributed by atoms with Crippen LogP contribution in [0, 0.1) is 5.92 Å². The molecule has 2 N–H and O–H groups in total. The summed E-state index contributed by atoms with van der Waals surface area (Å²) in [7, 11) is 0. The van der Waals surface area contributed by atoms with Gasteiger partial charge >= 0.3 is 0 Å². The highest BCUT2D eigenvalue weighted by Crippen LogP contribution is 2.29. The molecule has 6 nitrogen and oxygen atoms in total. The van der Waals surface area contributed by atoms with Crippen molar-refractivity contribution in [2.24, 2.45) is 5.92 Å². The Bertz CT molecular complexity index is 636. The van der Waals surface area contributed by atoms with Crippen LogP contribution in [0.5, 0.6) is 0 Å². The number of nitrogens with zero attached hydrogens (tertiary/aromatic N) is 4. The van der Waals surface area contributed by atoms with Gasteiger partial charge in [0.2, 0.25) is 11.9 Å². The van der Waals surface area contributed by atoms with Crippen LogP contribution in [0.15, 0.2) is 30.6 Å². The van der Waals surface area contributed by atoms with Crippen LogP contribution in [0.3, 0.4) is 0 Å². The molecule has 0 radical (unpaired) electrons. The summed E-state index contributed by atoms with van der Waals surface area (Å²) in [6.45, 7) is 3.05. The number of carbonyl (C=O) groups excluding carboxylic acids is 1. The predicted octanol–water partition coefficient (Wildman–Crippen LogP) is 1.09. The molecule has 0 fully saturated rings. The smallest absolute Gasteiger partial charge is 0.248 e. The monoisotopic (exact) mass is 271 g/mol. The SMILES string of the molecule is CC1Cc2ccccc2N(C(=O)Cn2cnc(N)n2)C1. The minimum absolute atomic E-state index is 0.00824. The van der Waals surface area contributed by atoms with E-state index in [1.54, 1.807) is 0 Å². The van der Waals surface area contributed by atoms with Crippen molar-refractivity contribution in [2.45, 2.75) is 19.9 Å². The van der Waals surface area contributed by atoms with Gasteiger partial charge in [0, 0.05) is 12.2 Å². The largest absolute Gasteiger partial charge is 0.367 e. The van der Waals surface area contributed by atoms with E-state index in [4.69, 9.17) is 5.73 Å². The van der Waals surface area contributed by atoms with Crippen molar-refractivity contribution in [3.63, 3.8) is 0 Å². The minimum atomic E-state index is 0.00824. The zero-order chi connectivity index (χ0) is 14.1. The van der Waals surface area contributed by atoms with Gasteiger partial charge in [0.15, 0.2) is 0 Å². The molecule has 1 aromatic heterocycles. The van der Waals surface area contributed by atoms with E-state index in [2.05, 4.69) is 23.1 Å². The summed E-state index contributed by atoms with van der Waals surface area (Å²) in [6.07, 6.45) is 2.49. The number of nitrogens with two attached hydrogens (primary N) is 1. The van der Waals surface area contributed by atoms with Crippen molar-refractivity contribution in [1.29, 1.82) is 0 Å². The topological polar surface area (TPSA) is 77.0 Å². The lowest BCUT2D eigenvalue weighted by Crippen LogP contribution is -2.41. The number of fused-ring (bicyclic) bond motifs is 1. The van der Waals surface area contributed by atoms with Gasteiger partial charge in [-0.05, 0) is 24.0 Å². The normalized spacial score (nSPS) is 17.9. The first-order chi connectivity index (χ1) is 9.63. The molecule has 2 heterocycles. The average molecular weight is 271 g/mol. The molecule has 3 rings (SSSR count). The van der Waals surface area contributed by atoms with E-state index < -0.39 is 0 Å². The summed E-state index contributed by atoms with van der Waals surface area (Å²) >= 11 is 0. The number of rotatable bonds is 2. The van der Waals surface area contributed by atoms with Crippen LogP contribution in [-0.4, -0.2) is 27.2 Å². The first-order valence-corrected chi connectivity index (χ1v) is 6.66. The quantitative estimate of drug-likeness (QED) is 0.887. The molecular weight excluding hydrogens is 254 g/mol. The van der Waals surface area contributed by atoms with Crippen LogP contribution in [0.25, 0.3) is 0 Å². The van der Waals surface area contributed by atoms with Crippen LogP contribution in [0.2, 0.25) is 0 Å². The van der Waals surface area contributed by atoms with E-state index in [0.29, 0.717) is 5.92 Å². The summed E-state index contributed by atoms with van der Waals surface area (Å²) < 4.78 is 1.47. The number of para-hydroxylation sites is 1. The van der Waals surface area contributed by atoms with Crippen LogP contribution >= 0.6 is 0 Å². The number of hydrogen-bond donors (Lipinski definition) is 1. The second-order valence-corrected chi connectivity index (χ2v) is 5.24. The number of amides is 1. The lowest BCUT2D eigenvalue weighted by Gasteiger charge is -2.33. The van der Waals surface area contributed by atoms with E-state index in [1.807, 2.05) is 23.1 Å². The third-order valence-corrected chi connectivity index (χ3v) is 3.50. The van der Waals surface area contributed by atoms with Gasteiger partial charge in [0.25, 0.3) is 0 Å². The molecule has 0 spiro atoms. The summed E-state index contributed by atoms with van der Waals surface area (Å²) in [5.41, 5.74) is 7.69. The minimum Gasteiger partial charge on any atom is -0.367 e. The molecule has 6 heteroatoms. The van der Waals surface area contributed by atoms with E-state index in [0.717, 1.165) is 18.7 Å². The van der Waals surface area contributed by atoms with Gasteiger partial charge in [0.1, 0.15) is 12.9 Å². The van der Waals surface area contributed by atoms with Crippen molar-refractivity contribution in [2.75, 3.05) is 17.2 Å². The van der Waals surface area contributed by atoms with Crippen LogP contribution in [-0.2, 0) is 17.8 Å². The Kier molecular flexibility index (Phi) is 3.14. The molecular formula is C14H17N5O. The fourth-order valence-corrected chi connectivity index (χ4v) is 2.64.